The summed E-state index contributed by atoms with van der Waals surface area (Å²) in [6.07, 6.45) is 2.06. The summed E-state index contributed by atoms with van der Waals surface area (Å²) in [5.41, 5.74) is 0. The van der Waals surface area contributed by atoms with E-state index in [4.69, 9.17) is 5.11 Å². The topological polar surface area (TPSA) is 26.7 Å². The summed E-state index contributed by atoms with van der Waals surface area (Å²) in [6, 6.07) is 4.32. The lowest BCUT2D eigenvalue weighted by Gasteiger charge is -2.35. The van der Waals surface area contributed by atoms with E-state index in [1.54, 1.807) is 0 Å². The standard InChI is InChI=1S/C12H20N2OS/c15-10-2-1-5-13-6-8-14(9-7-13)12-4-3-11-16-12/h3-4,11,15H,1-2,5-10H2. The molecule has 0 spiro atoms. The highest BCUT2D eigenvalue weighted by molar-refractivity contribution is 7.14. The summed E-state index contributed by atoms with van der Waals surface area (Å²) in [7, 11) is 0. The Balaban J connectivity index is 1.70. The van der Waals surface area contributed by atoms with Crippen molar-refractivity contribution >= 4 is 16.3 Å². The minimum atomic E-state index is 0.329. The van der Waals surface area contributed by atoms with E-state index in [0.717, 1.165) is 45.6 Å². The van der Waals surface area contributed by atoms with Crippen LogP contribution in [0.3, 0.4) is 0 Å². The van der Waals surface area contributed by atoms with Crippen LogP contribution in [0.4, 0.5) is 5.00 Å². The molecule has 0 aromatic carbocycles. The lowest BCUT2D eigenvalue weighted by molar-refractivity contribution is 0.232. The third-order valence-electron chi connectivity index (χ3n) is 3.07. The Hall–Kier alpha value is -0.580. The molecule has 1 aliphatic rings. The van der Waals surface area contributed by atoms with E-state index in [1.807, 2.05) is 11.3 Å². The highest BCUT2D eigenvalue weighted by Crippen LogP contribution is 2.22. The number of hydrogen-bond acceptors (Lipinski definition) is 4. The molecule has 0 aliphatic carbocycles. The molecule has 1 N–H and O–H groups in total. The van der Waals surface area contributed by atoms with E-state index in [-0.39, 0.29) is 0 Å². The normalized spacial score (nSPS) is 17.9. The largest absolute Gasteiger partial charge is 0.396 e. The number of aliphatic hydroxyl groups is 1. The molecule has 0 unspecified atom stereocenters. The lowest BCUT2D eigenvalue weighted by Crippen LogP contribution is -2.46. The first kappa shape index (κ1) is 11.9. The first-order valence-electron chi connectivity index (χ1n) is 6.02. The monoisotopic (exact) mass is 240 g/mol. The summed E-state index contributed by atoms with van der Waals surface area (Å²) >= 11 is 1.83. The van der Waals surface area contributed by atoms with Crippen LogP contribution in [0, 0.1) is 0 Å². The van der Waals surface area contributed by atoms with Crippen molar-refractivity contribution in [3.63, 3.8) is 0 Å². The maximum atomic E-state index is 8.74. The smallest absolute Gasteiger partial charge is 0.0909 e. The van der Waals surface area contributed by atoms with Crippen molar-refractivity contribution in [1.29, 1.82) is 0 Å². The molecule has 90 valence electrons. The second-order valence-electron chi connectivity index (χ2n) is 4.21. The zero-order chi connectivity index (χ0) is 11.2. The first-order valence-corrected chi connectivity index (χ1v) is 6.90. The second-order valence-corrected chi connectivity index (χ2v) is 5.14. The molecule has 1 saturated heterocycles. The van der Waals surface area contributed by atoms with E-state index in [1.165, 1.54) is 5.00 Å². The maximum Gasteiger partial charge on any atom is 0.0909 e. The molecule has 2 heterocycles. The van der Waals surface area contributed by atoms with Crippen LogP contribution in [0.2, 0.25) is 0 Å². The number of piperazine rings is 1. The number of aliphatic hydroxyl groups excluding tert-OH is 1. The molecule has 1 aromatic rings. The molecule has 0 saturated carbocycles. The van der Waals surface area contributed by atoms with E-state index in [0.29, 0.717) is 6.61 Å². The Morgan fingerprint density at radius 2 is 2.00 bits per heavy atom. The van der Waals surface area contributed by atoms with Crippen LogP contribution in [0.25, 0.3) is 0 Å². The van der Waals surface area contributed by atoms with Gasteiger partial charge in [0.15, 0.2) is 0 Å². The van der Waals surface area contributed by atoms with Crippen LogP contribution >= 0.6 is 11.3 Å². The van der Waals surface area contributed by atoms with Crippen molar-refractivity contribution in [2.24, 2.45) is 0 Å². The zero-order valence-corrected chi connectivity index (χ0v) is 10.5. The van der Waals surface area contributed by atoms with Crippen LogP contribution in [-0.2, 0) is 0 Å². The van der Waals surface area contributed by atoms with E-state index in [2.05, 4.69) is 27.3 Å². The molecule has 16 heavy (non-hydrogen) atoms. The summed E-state index contributed by atoms with van der Waals surface area (Å²) < 4.78 is 0. The van der Waals surface area contributed by atoms with Crippen LogP contribution in [-0.4, -0.2) is 49.3 Å². The number of hydrogen-bond donors (Lipinski definition) is 1. The molecule has 0 amide bonds. The van der Waals surface area contributed by atoms with Gasteiger partial charge in [-0.3, -0.25) is 4.90 Å². The van der Waals surface area contributed by atoms with Gasteiger partial charge < -0.3 is 10.0 Å². The highest BCUT2D eigenvalue weighted by Gasteiger charge is 2.16. The van der Waals surface area contributed by atoms with Gasteiger partial charge in [-0.25, -0.2) is 0 Å². The molecule has 2 rings (SSSR count). The fraction of sp³-hybridized carbons (Fsp3) is 0.667. The van der Waals surface area contributed by atoms with Gasteiger partial charge in [-0.05, 0) is 36.9 Å². The third-order valence-corrected chi connectivity index (χ3v) is 4.00. The van der Waals surface area contributed by atoms with E-state index < -0.39 is 0 Å². The Kier molecular flexibility index (Phi) is 4.63. The van der Waals surface area contributed by atoms with Crippen LogP contribution in [0.15, 0.2) is 17.5 Å². The summed E-state index contributed by atoms with van der Waals surface area (Å²) in [6.45, 7) is 6.06. The molecule has 0 radical (unpaired) electrons. The van der Waals surface area contributed by atoms with Crippen molar-refractivity contribution in [2.75, 3.05) is 44.2 Å². The average molecular weight is 240 g/mol. The molecular formula is C12H20N2OS. The van der Waals surface area contributed by atoms with Crippen LogP contribution < -0.4 is 4.90 Å². The Morgan fingerprint density at radius 3 is 2.62 bits per heavy atom. The number of anilines is 1. The summed E-state index contributed by atoms with van der Waals surface area (Å²) in [4.78, 5) is 4.97. The average Bonchev–Trinajstić information content (AvgIpc) is 2.84. The summed E-state index contributed by atoms with van der Waals surface area (Å²) in [5.74, 6) is 0. The quantitative estimate of drug-likeness (QED) is 0.793. The van der Waals surface area contributed by atoms with E-state index in [9.17, 15) is 0 Å². The molecule has 1 fully saturated rings. The summed E-state index contributed by atoms with van der Waals surface area (Å²) in [5, 5.41) is 12.3. The van der Waals surface area contributed by atoms with Crippen molar-refractivity contribution in [3.8, 4) is 0 Å². The fourth-order valence-electron chi connectivity index (χ4n) is 2.09. The highest BCUT2D eigenvalue weighted by atomic mass is 32.1. The molecule has 1 aliphatic heterocycles. The maximum absolute atomic E-state index is 8.74. The van der Waals surface area contributed by atoms with Gasteiger partial charge >= 0.3 is 0 Å². The molecular weight excluding hydrogens is 220 g/mol. The van der Waals surface area contributed by atoms with Crippen molar-refractivity contribution < 1.29 is 5.11 Å². The van der Waals surface area contributed by atoms with Crippen molar-refractivity contribution in [1.82, 2.24) is 4.90 Å². The molecule has 1 aromatic heterocycles. The predicted molar refractivity (Wildman–Crippen MR) is 69.3 cm³/mol. The SMILES string of the molecule is OCCCCN1CCN(c2cccs2)CC1. The van der Waals surface area contributed by atoms with Gasteiger partial charge in [0.05, 0.1) is 5.00 Å². The first-order chi connectivity index (χ1) is 7.90. The predicted octanol–water partition coefficient (Wildman–Crippen LogP) is 1.64. The number of rotatable bonds is 5. The third kappa shape index (κ3) is 3.20. The zero-order valence-electron chi connectivity index (χ0n) is 9.64. The van der Waals surface area contributed by atoms with Gasteiger partial charge in [-0.1, -0.05) is 0 Å². The Morgan fingerprint density at radius 1 is 1.19 bits per heavy atom. The van der Waals surface area contributed by atoms with Crippen molar-refractivity contribution in [2.45, 2.75) is 12.8 Å². The number of thiophene rings is 1. The van der Waals surface area contributed by atoms with Gasteiger partial charge in [-0.15, -0.1) is 11.3 Å². The Labute approximate surface area is 101 Å². The molecule has 4 heteroatoms. The molecule has 0 bridgehead atoms. The van der Waals surface area contributed by atoms with Gasteiger partial charge in [-0.2, -0.15) is 0 Å². The minimum Gasteiger partial charge on any atom is -0.396 e. The lowest BCUT2D eigenvalue weighted by atomic mass is 10.2. The van der Waals surface area contributed by atoms with Gasteiger partial charge in [0, 0.05) is 32.8 Å². The van der Waals surface area contributed by atoms with Gasteiger partial charge in [0.1, 0.15) is 0 Å². The second kappa shape index (κ2) is 6.23. The minimum absolute atomic E-state index is 0.329. The Bertz CT molecular complexity index is 281. The fourth-order valence-corrected chi connectivity index (χ4v) is 2.87. The van der Waals surface area contributed by atoms with E-state index >= 15 is 0 Å². The number of unbranched alkanes of at least 4 members (excludes halogenated alkanes) is 1. The van der Waals surface area contributed by atoms with Crippen LogP contribution in [0.1, 0.15) is 12.8 Å². The number of nitrogens with zero attached hydrogens (tertiary/aromatic N) is 2. The van der Waals surface area contributed by atoms with Crippen LogP contribution in [0.5, 0.6) is 0 Å². The molecule has 3 nitrogen and oxygen atoms in total. The molecule has 0 atom stereocenters. The van der Waals surface area contributed by atoms with Crippen molar-refractivity contribution in [3.05, 3.63) is 17.5 Å². The van der Waals surface area contributed by atoms with Gasteiger partial charge in [0.25, 0.3) is 0 Å². The van der Waals surface area contributed by atoms with Gasteiger partial charge in [0.2, 0.25) is 0 Å².